The van der Waals surface area contributed by atoms with Gasteiger partial charge in [0.05, 0.1) is 17.5 Å². The molecule has 5 rings (SSSR count). The van der Waals surface area contributed by atoms with Crippen LogP contribution in [-0.2, 0) is 23.1 Å². The first-order valence-electron chi connectivity index (χ1n) is 14.2. The van der Waals surface area contributed by atoms with Gasteiger partial charge in [-0.1, -0.05) is 37.4 Å². The Morgan fingerprint density at radius 1 is 1.05 bits per heavy atom. The molecule has 3 atom stereocenters. The van der Waals surface area contributed by atoms with E-state index in [1.54, 1.807) is 18.2 Å². The standard InChI is InChI=1S/C30H39ClN2O5S/c1-30-14-13-24(30)19-33-15-5-4-7-21-17-25(31)11-9-23(21)20-38-27-12-10-22(18-26(27)33)29(35)32-39(36,37)16-6-2-3-8-28(30)34/h9-12,17-18,24,28,34H,2-8,13-16,19-20H2,1H3,(H,32,35)/t24-,28-,30-/m1/s1. The molecule has 2 aromatic rings. The van der Waals surface area contributed by atoms with Crippen molar-refractivity contribution in [3.63, 3.8) is 0 Å². The van der Waals surface area contributed by atoms with Crippen molar-refractivity contribution in [1.29, 1.82) is 0 Å². The fraction of sp³-hybridized carbons (Fsp3) is 0.567. The summed E-state index contributed by atoms with van der Waals surface area (Å²) in [5, 5.41) is 11.9. The summed E-state index contributed by atoms with van der Waals surface area (Å²) in [5.74, 6) is 0.230. The van der Waals surface area contributed by atoms with E-state index in [0.717, 1.165) is 62.9 Å². The van der Waals surface area contributed by atoms with Crippen LogP contribution >= 0.6 is 11.6 Å². The largest absolute Gasteiger partial charge is 0.487 e. The van der Waals surface area contributed by atoms with Crippen molar-refractivity contribution in [1.82, 2.24) is 4.72 Å². The van der Waals surface area contributed by atoms with Crippen molar-refractivity contribution in [2.45, 2.75) is 77.4 Å². The first kappa shape index (κ1) is 28.2. The molecule has 212 valence electrons. The molecule has 2 aliphatic heterocycles. The average Bonchev–Trinajstić information content (AvgIpc) is 2.92. The summed E-state index contributed by atoms with van der Waals surface area (Å²) < 4.78 is 33.9. The number of sulfonamides is 1. The van der Waals surface area contributed by atoms with Crippen molar-refractivity contribution < 1.29 is 23.1 Å². The number of fused-ring (bicyclic) bond motifs is 3. The lowest BCUT2D eigenvalue weighted by Crippen LogP contribution is -2.51. The van der Waals surface area contributed by atoms with E-state index in [-0.39, 0.29) is 16.7 Å². The molecule has 2 heterocycles. The highest BCUT2D eigenvalue weighted by Gasteiger charge is 2.48. The van der Waals surface area contributed by atoms with E-state index >= 15 is 0 Å². The van der Waals surface area contributed by atoms with Gasteiger partial charge in [0.2, 0.25) is 10.0 Å². The van der Waals surface area contributed by atoms with Crippen molar-refractivity contribution in [2.24, 2.45) is 11.3 Å². The number of anilines is 1. The number of hydrogen-bond donors (Lipinski definition) is 2. The van der Waals surface area contributed by atoms with E-state index in [1.165, 1.54) is 5.56 Å². The van der Waals surface area contributed by atoms with Crippen LogP contribution in [0.5, 0.6) is 5.75 Å². The van der Waals surface area contributed by atoms with Crippen LogP contribution in [0, 0.1) is 11.3 Å². The van der Waals surface area contributed by atoms with Crippen LogP contribution in [0.25, 0.3) is 0 Å². The molecule has 0 aromatic heterocycles. The molecule has 3 aliphatic rings. The van der Waals surface area contributed by atoms with Gasteiger partial charge in [0, 0.05) is 23.7 Å². The van der Waals surface area contributed by atoms with Crippen LogP contribution in [0.2, 0.25) is 5.02 Å². The number of nitrogens with zero attached hydrogens (tertiary/aromatic N) is 1. The minimum atomic E-state index is -3.76. The lowest BCUT2D eigenvalue weighted by Gasteiger charge is -2.52. The number of nitrogens with one attached hydrogen (secondary N) is 1. The minimum Gasteiger partial charge on any atom is -0.487 e. The number of halogens is 1. The highest BCUT2D eigenvalue weighted by Crippen LogP contribution is 2.51. The van der Waals surface area contributed by atoms with Crippen LogP contribution in [0.15, 0.2) is 36.4 Å². The molecule has 1 aliphatic carbocycles. The second kappa shape index (κ2) is 11.7. The molecule has 2 aromatic carbocycles. The first-order chi connectivity index (χ1) is 18.6. The van der Waals surface area contributed by atoms with Gasteiger partial charge in [0.25, 0.3) is 5.91 Å². The normalized spacial score (nSPS) is 28.0. The fourth-order valence-electron chi connectivity index (χ4n) is 6.28. The zero-order valence-corrected chi connectivity index (χ0v) is 24.2. The van der Waals surface area contributed by atoms with Crippen LogP contribution < -0.4 is 14.4 Å². The van der Waals surface area contributed by atoms with E-state index in [0.29, 0.717) is 42.6 Å². The van der Waals surface area contributed by atoms with Gasteiger partial charge in [0.1, 0.15) is 12.4 Å². The Labute approximate surface area is 236 Å². The molecule has 2 bridgehead atoms. The summed E-state index contributed by atoms with van der Waals surface area (Å²) in [7, 11) is -3.76. The molecule has 0 saturated heterocycles. The third kappa shape index (κ3) is 6.39. The number of rotatable bonds is 0. The van der Waals surface area contributed by atoms with Gasteiger partial charge in [-0.2, -0.15) is 0 Å². The average molecular weight is 575 g/mol. The summed E-state index contributed by atoms with van der Waals surface area (Å²) in [5.41, 5.74) is 3.15. The Morgan fingerprint density at radius 2 is 1.90 bits per heavy atom. The molecule has 1 fully saturated rings. The lowest BCUT2D eigenvalue weighted by molar-refractivity contribution is -0.0756. The monoisotopic (exact) mass is 574 g/mol. The molecular weight excluding hydrogens is 536 g/mol. The molecule has 1 saturated carbocycles. The smallest absolute Gasteiger partial charge is 0.264 e. The van der Waals surface area contributed by atoms with Gasteiger partial charge in [-0.3, -0.25) is 4.79 Å². The van der Waals surface area contributed by atoms with Crippen molar-refractivity contribution in [2.75, 3.05) is 23.7 Å². The number of carbonyl (C=O) groups excluding carboxylic acids is 1. The molecule has 39 heavy (non-hydrogen) atoms. The molecule has 7 nitrogen and oxygen atoms in total. The molecule has 0 radical (unpaired) electrons. The topological polar surface area (TPSA) is 95.9 Å². The third-order valence-corrected chi connectivity index (χ3v) is 10.6. The van der Waals surface area contributed by atoms with E-state index in [4.69, 9.17) is 16.3 Å². The summed E-state index contributed by atoms with van der Waals surface area (Å²) in [4.78, 5) is 15.3. The molecule has 0 spiro atoms. The van der Waals surface area contributed by atoms with E-state index in [1.807, 2.05) is 18.2 Å². The molecular formula is C30H39ClN2O5S. The van der Waals surface area contributed by atoms with E-state index in [9.17, 15) is 18.3 Å². The first-order valence-corrected chi connectivity index (χ1v) is 16.2. The number of aliphatic hydroxyl groups is 1. The molecule has 9 heteroatoms. The Morgan fingerprint density at radius 3 is 2.69 bits per heavy atom. The predicted octanol–water partition coefficient (Wildman–Crippen LogP) is 5.47. The summed E-state index contributed by atoms with van der Waals surface area (Å²) in [6, 6.07) is 11.1. The maximum atomic E-state index is 13.1. The Kier molecular flexibility index (Phi) is 8.45. The van der Waals surface area contributed by atoms with Crippen molar-refractivity contribution in [3.05, 3.63) is 58.1 Å². The summed E-state index contributed by atoms with van der Waals surface area (Å²) >= 11 is 6.29. The zero-order valence-electron chi connectivity index (χ0n) is 22.6. The lowest BCUT2D eigenvalue weighted by atomic mass is 9.57. The number of amides is 1. The Balaban J connectivity index is 1.53. The third-order valence-electron chi connectivity index (χ3n) is 9.04. The second-order valence-corrected chi connectivity index (χ2v) is 13.9. The number of benzene rings is 2. The van der Waals surface area contributed by atoms with Crippen molar-refractivity contribution >= 4 is 33.2 Å². The second-order valence-electron chi connectivity index (χ2n) is 11.6. The number of hydrogen-bond acceptors (Lipinski definition) is 6. The van der Waals surface area contributed by atoms with Crippen LogP contribution in [-0.4, -0.2) is 44.4 Å². The zero-order chi connectivity index (χ0) is 27.6. The number of carbonyl (C=O) groups is 1. The van der Waals surface area contributed by atoms with Crippen LogP contribution in [0.4, 0.5) is 5.69 Å². The van der Waals surface area contributed by atoms with E-state index in [2.05, 4.69) is 16.5 Å². The Hall–Kier alpha value is -2.29. The number of aliphatic hydroxyl groups excluding tert-OH is 1. The summed E-state index contributed by atoms with van der Waals surface area (Å²) in [6.45, 7) is 4.06. The van der Waals surface area contributed by atoms with Gasteiger partial charge >= 0.3 is 0 Å². The molecule has 0 unspecified atom stereocenters. The predicted molar refractivity (Wildman–Crippen MR) is 154 cm³/mol. The number of aryl methyl sites for hydroxylation is 1. The van der Waals surface area contributed by atoms with Gasteiger partial charge in [-0.25, -0.2) is 13.1 Å². The van der Waals surface area contributed by atoms with Gasteiger partial charge in [0.15, 0.2) is 0 Å². The highest BCUT2D eigenvalue weighted by molar-refractivity contribution is 7.90. The van der Waals surface area contributed by atoms with Crippen LogP contribution in [0.3, 0.4) is 0 Å². The molecule has 2 N–H and O–H groups in total. The maximum Gasteiger partial charge on any atom is 0.264 e. The number of ether oxygens (including phenoxy) is 1. The van der Waals surface area contributed by atoms with Crippen molar-refractivity contribution in [3.8, 4) is 5.75 Å². The van der Waals surface area contributed by atoms with Gasteiger partial charge < -0.3 is 14.7 Å². The van der Waals surface area contributed by atoms with Gasteiger partial charge in [-0.15, -0.1) is 0 Å². The van der Waals surface area contributed by atoms with Crippen LogP contribution in [0.1, 0.15) is 79.8 Å². The SMILES string of the molecule is C[C@@]12CC[C@@H]1CN1CCCCc3cc(Cl)ccc3COc3ccc(cc31)C(=O)NS(=O)(=O)CCCCC[C@H]2O. The quantitative estimate of drug-likeness (QED) is 0.433. The Bertz CT molecular complexity index is 1320. The van der Waals surface area contributed by atoms with Gasteiger partial charge in [-0.05, 0) is 97.7 Å². The van der Waals surface area contributed by atoms with E-state index < -0.39 is 22.0 Å². The minimum absolute atomic E-state index is 0.113. The maximum absolute atomic E-state index is 13.1. The fourth-order valence-corrected chi connectivity index (χ4v) is 7.56. The highest BCUT2D eigenvalue weighted by atomic mass is 35.5. The summed E-state index contributed by atoms with van der Waals surface area (Å²) in [6.07, 6.45) is 6.97. The molecule has 1 amide bonds.